The molecular weight excluding hydrogens is 471 g/mol. The van der Waals surface area contributed by atoms with Crippen molar-refractivity contribution in [1.29, 1.82) is 0 Å². The van der Waals surface area contributed by atoms with Crippen molar-refractivity contribution in [1.82, 2.24) is 9.80 Å². The zero-order valence-electron chi connectivity index (χ0n) is 19.6. The SMILES string of the molecule is CCCN1CCCCN(C(=O)c2ccc(Cl)c(Cl)c2)[C@@H]2CCCC[C@@H]2Oc2ccccc2C1=O. The van der Waals surface area contributed by atoms with Gasteiger partial charge in [-0.1, -0.05) is 48.7 Å². The van der Waals surface area contributed by atoms with Crippen molar-refractivity contribution in [3.63, 3.8) is 0 Å². The number of nitrogens with zero attached hydrogens (tertiary/aromatic N) is 2. The molecule has 1 saturated carbocycles. The van der Waals surface area contributed by atoms with Gasteiger partial charge in [0.15, 0.2) is 0 Å². The molecule has 5 nitrogen and oxygen atoms in total. The third-order valence-corrected chi connectivity index (χ3v) is 7.49. The smallest absolute Gasteiger partial charge is 0.257 e. The summed E-state index contributed by atoms with van der Waals surface area (Å²) in [6, 6.07) is 12.5. The summed E-state index contributed by atoms with van der Waals surface area (Å²) in [5.74, 6) is 0.577. The van der Waals surface area contributed by atoms with Crippen LogP contribution in [0.4, 0.5) is 0 Å². The van der Waals surface area contributed by atoms with E-state index in [2.05, 4.69) is 6.92 Å². The molecule has 0 saturated heterocycles. The minimum absolute atomic E-state index is 0.0223. The monoisotopic (exact) mass is 502 g/mol. The summed E-state index contributed by atoms with van der Waals surface area (Å²) in [6.45, 7) is 4.05. The Balaban J connectivity index is 1.69. The fraction of sp³-hybridized carbons (Fsp3) is 0.481. The van der Waals surface area contributed by atoms with Gasteiger partial charge in [-0.05, 0) is 68.9 Å². The average Bonchev–Trinajstić information content (AvgIpc) is 2.84. The van der Waals surface area contributed by atoms with Crippen molar-refractivity contribution >= 4 is 35.0 Å². The number of carbonyl (C=O) groups is 2. The van der Waals surface area contributed by atoms with E-state index in [-0.39, 0.29) is 24.0 Å². The van der Waals surface area contributed by atoms with Gasteiger partial charge in [0.25, 0.3) is 11.8 Å². The molecule has 0 bridgehead atoms. The Kier molecular flexibility index (Phi) is 8.38. The molecule has 4 rings (SSSR count). The van der Waals surface area contributed by atoms with Gasteiger partial charge in [-0.2, -0.15) is 0 Å². The Bertz CT molecular complexity index is 1030. The lowest BCUT2D eigenvalue weighted by atomic mass is 9.90. The van der Waals surface area contributed by atoms with Crippen LogP contribution in [-0.4, -0.2) is 53.4 Å². The fourth-order valence-corrected chi connectivity index (χ4v) is 5.33. The van der Waals surface area contributed by atoms with Gasteiger partial charge >= 0.3 is 0 Å². The van der Waals surface area contributed by atoms with Crippen molar-refractivity contribution in [2.24, 2.45) is 0 Å². The maximum Gasteiger partial charge on any atom is 0.257 e. The molecule has 1 aliphatic carbocycles. The number of para-hydroxylation sites is 1. The van der Waals surface area contributed by atoms with E-state index in [1.807, 2.05) is 34.1 Å². The van der Waals surface area contributed by atoms with E-state index in [4.69, 9.17) is 27.9 Å². The van der Waals surface area contributed by atoms with Crippen LogP contribution in [0.25, 0.3) is 0 Å². The molecular formula is C27H32Cl2N2O3. The van der Waals surface area contributed by atoms with E-state index in [1.165, 1.54) is 0 Å². The Labute approximate surface area is 212 Å². The standard InChI is InChI=1S/C27H32Cl2N2O3/c1-2-15-30-16-7-8-17-31(26(32)19-13-14-21(28)22(29)18-19)23-10-4-6-12-25(23)34-24-11-5-3-9-20(24)27(30)33/h3,5,9,11,13-14,18,23,25H,2,4,6-8,10,12,15-17H2,1H3/t23-,25+/m1/s1. The second-order valence-corrected chi connectivity index (χ2v) is 9.95. The molecule has 0 N–H and O–H groups in total. The molecule has 0 unspecified atom stereocenters. The molecule has 2 amide bonds. The van der Waals surface area contributed by atoms with Crippen molar-refractivity contribution in [2.75, 3.05) is 19.6 Å². The maximum atomic E-state index is 13.7. The molecule has 0 spiro atoms. The molecule has 1 heterocycles. The number of hydrogen-bond acceptors (Lipinski definition) is 3. The molecule has 182 valence electrons. The van der Waals surface area contributed by atoms with Crippen molar-refractivity contribution < 1.29 is 14.3 Å². The molecule has 2 aliphatic rings. The second kappa shape index (κ2) is 11.5. The number of benzene rings is 2. The lowest BCUT2D eigenvalue weighted by Crippen LogP contribution is -2.51. The lowest BCUT2D eigenvalue weighted by Gasteiger charge is -2.40. The largest absolute Gasteiger partial charge is 0.487 e. The van der Waals surface area contributed by atoms with Gasteiger partial charge in [0.1, 0.15) is 11.9 Å². The molecule has 7 heteroatoms. The molecule has 1 fully saturated rings. The van der Waals surface area contributed by atoms with Gasteiger partial charge in [-0.25, -0.2) is 0 Å². The van der Waals surface area contributed by atoms with Gasteiger partial charge in [0, 0.05) is 25.2 Å². The summed E-state index contributed by atoms with van der Waals surface area (Å²) in [4.78, 5) is 31.0. The van der Waals surface area contributed by atoms with Crippen LogP contribution in [0, 0.1) is 0 Å². The number of halogens is 2. The van der Waals surface area contributed by atoms with E-state index >= 15 is 0 Å². The van der Waals surface area contributed by atoms with Crippen LogP contribution in [0.2, 0.25) is 10.0 Å². The summed E-state index contributed by atoms with van der Waals surface area (Å²) in [6.07, 6.45) is 6.15. The first kappa shape index (κ1) is 24.9. The van der Waals surface area contributed by atoms with Gasteiger partial charge < -0.3 is 14.5 Å². The van der Waals surface area contributed by atoms with Gasteiger partial charge in [0.2, 0.25) is 0 Å². The van der Waals surface area contributed by atoms with Gasteiger partial charge in [-0.3, -0.25) is 9.59 Å². The van der Waals surface area contributed by atoms with Gasteiger partial charge in [0.05, 0.1) is 21.7 Å². The highest BCUT2D eigenvalue weighted by Gasteiger charge is 2.36. The molecule has 0 radical (unpaired) electrons. The van der Waals surface area contributed by atoms with Crippen LogP contribution in [0.5, 0.6) is 5.75 Å². The van der Waals surface area contributed by atoms with Gasteiger partial charge in [-0.15, -0.1) is 0 Å². The summed E-state index contributed by atoms with van der Waals surface area (Å²) < 4.78 is 6.54. The number of fused-ring (bicyclic) bond motifs is 2. The number of hydrogen-bond donors (Lipinski definition) is 0. The first-order chi connectivity index (χ1) is 16.5. The summed E-state index contributed by atoms with van der Waals surface area (Å²) in [5, 5.41) is 0.809. The van der Waals surface area contributed by atoms with E-state index in [0.717, 1.165) is 44.9 Å². The third kappa shape index (κ3) is 5.52. The molecule has 2 aromatic rings. The second-order valence-electron chi connectivity index (χ2n) is 9.13. The highest BCUT2D eigenvalue weighted by atomic mass is 35.5. The van der Waals surface area contributed by atoms with E-state index in [0.29, 0.717) is 46.6 Å². The number of carbonyl (C=O) groups excluding carboxylic acids is 2. The Morgan fingerprint density at radius 1 is 1.00 bits per heavy atom. The maximum absolute atomic E-state index is 13.7. The summed E-state index contributed by atoms with van der Waals surface area (Å²) in [7, 11) is 0. The highest BCUT2D eigenvalue weighted by Crippen LogP contribution is 2.32. The van der Waals surface area contributed by atoms with E-state index < -0.39 is 0 Å². The Morgan fingerprint density at radius 2 is 1.76 bits per heavy atom. The molecule has 34 heavy (non-hydrogen) atoms. The number of ether oxygens (including phenoxy) is 1. The van der Waals surface area contributed by atoms with Crippen LogP contribution >= 0.6 is 23.2 Å². The molecule has 0 aromatic heterocycles. The van der Waals surface area contributed by atoms with Crippen molar-refractivity contribution in [2.45, 2.75) is 64.0 Å². The molecule has 2 aromatic carbocycles. The Morgan fingerprint density at radius 3 is 2.56 bits per heavy atom. The summed E-state index contributed by atoms with van der Waals surface area (Å²) >= 11 is 12.3. The predicted octanol–water partition coefficient (Wildman–Crippen LogP) is 6.47. The summed E-state index contributed by atoms with van der Waals surface area (Å²) in [5.41, 5.74) is 1.14. The van der Waals surface area contributed by atoms with Crippen LogP contribution in [0.1, 0.15) is 72.6 Å². The quantitative estimate of drug-likeness (QED) is 0.482. The highest BCUT2D eigenvalue weighted by molar-refractivity contribution is 6.42. The first-order valence-corrected chi connectivity index (χ1v) is 13.1. The van der Waals surface area contributed by atoms with Crippen molar-refractivity contribution in [3.8, 4) is 5.75 Å². The van der Waals surface area contributed by atoms with Crippen LogP contribution < -0.4 is 4.74 Å². The number of amides is 2. The molecule has 2 atom stereocenters. The van der Waals surface area contributed by atoms with Crippen LogP contribution in [0.3, 0.4) is 0 Å². The lowest BCUT2D eigenvalue weighted by molar-refractivity contribution is 0.0259. The topological polar surface area (TPSA) is 49.9 Å². The van der Waals surface area contributed by atoms with Crippen LogP contribution in [-0.2, 0) is 0 Å². The first-order valence-electron chi connectivity index (χ1n) is 12.3. The predicted molar refractivity (Wildman–Crippen MR) is 136 cm³/mol. The molecule has 1 aliphatic heterocycles. The fourth-order valence-electron chi connectivity index (χ4n) is 5.03. The minimum atomic E-state index is -0.173. The van der Waals surface area contributed by atoms with E-state index in [9.17, 15) is 9.59 Å². The normalized spacial score (nSPS) is 21.6. The van der Waals surface area contributed by atoms with Crippen molar-refractivity contribution in [3.05, 3.63) is 63.6 Å². The number of rotatable bonds is 3. The average molecular weight is 503 g/mol. The van der Waals surface area contributed by atoms with E-state index in [1.54, 1.807) is 18.2 Å². The minimum Gasteiger partial charge on any atom is -0.487 e. The van der Waals surface area contributed by atoms with Crippen LogP contribution in [0.15, 0.2) is 42.5 Å². The Hall–Kier alpha value is -2.24. The zero-order chi connectivity index (χ0) is 24.1. The third-order valence-electron chi connectivity index (χ3n) is 6.75. The zero-order valence-corrected chi connectivity index (χ0v) is 21.2.